The second-order valence-corrected chi connectivity index (χ2v) is 4.24. The Kier molecular flexibility index (Phi) is 6.25. The van der Waals surface area contributed by atoms with Gasteiger partial charge in [-0.15, -0.1) is 0 Å². The zero-order chi connectivity index (χ0) is 14.3. The number of hydrogen-bond donors (Lipinski definition) is 0. The van der Waals surface area contributed by atoms with E-state index in [4.69, 9.17) is 4.74 Å². The topological polar surface area (TPSA) is 29.5 Å². The Bertz CT molecular complexity index is 418. The van der Waals surface area contributed by atoms with E-state index in [9.17, 15) is 13.6 Å². The molecule has 0 heterocycles. The molecule has 1 aromatic rings. The molecule has 0 saturated carbocycles. The number of nitrogens with zero attached hydrogens (tertiary/aromatic N) is 1. The normalized spacial score (nSPS) is 10.3. The molecule has 0 atom stereocenters. The first-order chi connectivity index (χ1) is 9.08. The van der Waals surface area contributed by atoms with Crippen LogP contribution in [-0.2, 0) is 4.79 Å². The smallest absolute Gasteiger partial charge is 0.260 e. The Morgan fingerprint density at radius 2 is 1.84 bits per heavy atom. The number of carbonyl (C=O) groups excluding carboxylic acids is 1. The van der Waals surface area contributed by atoms with Crippen molar-refractivity contribution < 1.29 is 18.3 Å². The molecule has 0 bridgehead atoms. The summed E-state index contributed by atoms with van der Waals surface area (Å²) in [4.78, 5) is 13.6. The van der Waals surface area contributed by atoms with E-state index in [0.29, 0.717) is 13.1 Å². The van der Waals surface area contributed by atoms with Gasteiger partial charge in [-0.05, 0) is 25.0 Å². The minimum atomic E-state index is -0.801. The fourth-order valence-corrected chi connectivity index (χ4v) is 1.72. The summed E-state index contributed by atoms with van der Waals surface area (Å²) in [6.45, 7) is 5.04. The molecule has 0 fully saturated rings. The summed E-state index contributed by atoms with van der Waals surface area (Å²) >= 11 is 0. The van der Waals surface area contributed by atoms with Gasteiger partial charge in [0.05, 0.1) is 0 Å². The Balaban J connectivity index is 2.56. The molecule has 0 aliphatic carbocycles. The Morgan fingerprint density at radius 1 is 1.21 bits per heavy atom. The molecule has 0 unspecified atom stereocenters. The number of ether oxygens (including phenoxy) is 1. The van der Waals surface area contributed by atoms with E-state index < -0.39 is 11.6 Å². The molecule has 3 nitrogen and oxygen atoms in total. The number of halogens is 2. The summed E-state index contributed by atoms with van der Waals surface area (Å²) in [6.07, 6.45) is 1.72. The SMILES string of the molecule is CCCN(CCC)C(=O)COc1ccc(F)cc1F. The molecule has 5 heteroatoms. The standard InChI is InChI=1S/C14H19F2NO2/c1-3-7-17(8-4-2)14(18)10-19-13-6-5-11(15)9-12(13)16/h5-6,9H,3-4,7-8,10H2,1-2H3. The van der Waals surface area contributed by atoms with Crippen LogP contribution in [0.25, 0.3) is 0 Å². The second kappa shape index (κ2) is 7.71. The van der Waals surface area contributed by atoms with Gasteiger partial charge in [-0.2, -0.15) is 0 Å². The molecule has 0 aromatic heterocycles. The minimum Gasteiger partial charge on any atom is -0.481 e. The van der Waals surface area contributed by atoms with E-state index in [-0.39, 0.29) is 18.3 Å². The van der Waals surface area contributed by atoms with Gasteiger partial charge in [0.1, 0.15) is 5.82 Å². The molecule has 0 spiro atoms. The van der Waals surface area contributed by atoms with Crippen LogP contribution in [0.15, 0.2) is 18.2 Å². The van der Waals surface area contributed by atoms with Gasteiger partial charge in [0.15, 0.2) is 18.2 Å². The van der Waals surface area contributed by atoms with Gasteiger partial charge in [-0.25, -0.2) is 8.78 Å². The third-order valence-electron chi connectivity index (χ3n) is 2.58. The van der Waals surface area contributed by atoms with Crippen molar-refractivity contribution in [3.8, 4) is 5.75 Å². The number of benzene rings is 1. The number of amides is 1. The van der Waals surface area contributed by atoms with E-state index in [1.807, 2.05) is 13.8 Å². The quantitative estimate of drug-likeness (QED) is 0.763. The summed E-state index contributed by atoms with van der Waals surface area (Å²) in [6, 6.07) is 3.01. The van der Waals surface area contributed by atoms with Gasteiger partial charge in [0, 0.05) is 19.2 Å². The Hall–Kier alpha value is -1.65. The highest BCUT2D eigenvalue weighted by molar-refractivity contribution is 5.77. The predicted octanol–water partition coefficient (Wildman–Crippen LogP) is 2.99. The maximum Gasteiger partial charge on any atom is 0.260 e. The first-order valence-electron chi connectivity index (χ1n) is 6.44. The van der Waals surface area contributed by atoms with Crippen molar-refractivity contribution in [1.82, 2.24) is 4.90 Å². The maximum atomic E-state index is 13.3. The van der Waals surface area contributed by atoms with Crippen molar-refractivity contribution in [2.45, 2.75) is 26.7 Å². The predicted molar refractivity (Wildman–Crippen MR) is 69.0 cm³/mol. The highest BCUT2D eigenvalue weighted by Gasteiger charge is 2.13. The van der Waals surface area contributed by atoms with Crippen LogP contribution in [0.2, 0.25) is 0 Å². The summed E-state index contributed by atoms with van der Waals surface area (Å²) in [5.74, 6) is -1.77. The van der Waals surface area contributed by atoms with Crippen molar-refractivity contribution >= 4 is 5.91 Å². The average Bonchev–Trinajstić information content (AvgIpc) is 2.37. The van der Waals surface area contributed by atoms with Crippen LogP contribution in [0.3, 0.4) is 0 Å². The van der Waals surface area contributed by atoms with Gasteiger partial charge < -0.3 is 9.64 Å². The van der Waals surface area contributed by atoms with Gasteiger partial charge in [0.25, 0.3) is 5.91 Å². The minimum absolute atomic E-state index is 0.109. The molecular weight excluding hydrogens is 252 g/mol. The number of rotatable bonds is 7. The van der Waals surface area contributed by atoms with E-state index in [2.05, 4.69) is 0 Å². The first-order valence-corrected chi connectivity index (χ1v) is 6.44. The lowest BCUT2D eigenvalue weighted by molar-refractivity contribution is -0.133. The molecule has 1 aromatic carbocycles. The van der Waals surface area contributed by atoms with Gasteiger partial charge in [-0.3, -0.25) is 4.79 Å². The highest BCUT2D eigenvalue weighted by atomic mass is 19.1. The summed E-state index contributed by atoms with van der Waals surface area (Å²) in [5, 5.41) is 0. The van der Waals surface area contributed by atoms with E-state index in [0.717, 1.165) is 25.0 Å². The lowest BCUT2D eigenvalue weighted by atomic mass is 10.3. The van der Waals surface area contributed by atoms with Crippen LogP contribution in [0, 0.1) is 11.6 Å². The van der Waals surface area contributed by atoms with Crippen LogP contribution in [0.4, 0.5) is 8.78 Å². The third-order valence-corrected chi connectivity index (χ3v) is 2.58. The fourth-order valence-electron chi connectivity index (χ4n) is 1.72. The van der Waals surface area contributed by atoms with Crippen molar-refractivity contribution in [2.24, 2.45) is 0 Å². The lowest BCUT2D eigenvalue weighted by Crippen LogP contribution is -2.36. The second-order valence-electron chi connectivity index (χ2n) is 4.24. The average molecular weight is 271 g/mol. The molecule has 19 heavy (non-hydrogen) atoms. The number of hydrogen-bond acceptors (Lipinski definition) is 2. The van der Waals surface area contributed by atoms with Gasteiger partial charge in [0.2, 0.25) is 0 Å². The largest absolute Gasteiger partial charge is 0.481 e. The van der Waals surface area contributed by atoms with Crippen LogP contribution < -0.4 is 4.74 Å². The van der Waals surface area contributed by atoms with Crippen molar-refractivity contribution in [2.75, 3.05) is 19.7 Å². The Morgan fingerprint density at radius 3 is 2.37 bits per heavy atom. The maximum absolute atomic E-state index is 13.3. The van der Waals surface area contributed by atoms with E-state index >= 15 is 0 Å². The lowest BCUT2D eigenvalue weighted by Gasteiger charge is -2.21. The fraction of sp³-hybridized carbons (Fsp3) is 0.500. The van der Waals surface area contributed by atoms with Crippen molar-refractivity contribution in [3.63, 3.8) is 0 Å². The van der Waals surface area contributed by atoms with Crippen LogP contribution in [-0.4, -0.2) is 30.5 Å². The molecule has 1 amide bonds. The molecule has 0 saturated heterocycles. The summed E-state index contributed by atoms with van der Waals surface area (Å²) in [5.41, 5.74) is 0. The molecule has 0 N–H and O–H groups in total. The van der Waals surface area contributed by atoms with Crippen LogP contribution in [0.1, 0.15) is 26.7 Å². The monoisotopic (exact) mass is 271 g/mol. The molecule has 0 aliphatic rings. The highest BCUT2D eigenvalue weighted by Crippen LogP contribution is 2.17. The molecule has 0 radical (unpaired) electrons. The van der Waals surface area contributed by atoms with Gasteiger partial charge in [-0.1, -0.05) is 13.8 Å². The van der Waals surface area contributed by atoms with E-state index in [1.54, 1.807) is 4.90 Å². The van der Waals surface area contributed by atoms with Gasteiger partial charge >= 0.3 is 0 Å². The van der Waals surface area contributed by atoms with Crippen LogP contribution in [0.5, 0.6) is 5.75 Å². The Labute approximate surface area is 112 Å². The molecular formula is C14H19F2NO2. The zero-order valence-corrected chi connectivity index (χ0v) is 11.3. The first kappa shape index (κ1) is 15.4. The zero-order valence-electron chi connectivity index (χ0n) is 11.3. The van der Waals surface area contributed by atoms with E-state index in [1.165, 1.54) is 6.07 Å². The third kappa shape index (κ3) is 4.85. The van der Waals surface area contributed by atoms with Crippen LogP contribution >= 0.6 is 0 Å². The summed E-state index contributed by atoms with van der Waals surface area (Å²) < 4.78 is 31.1. The summed E-state index contributed by atoms with van der Waals surface area (Å²) in [7, 11) is 0. The van der Waals surface area contributed by atoms with Crippen molar-refractivity contribution in [3.05, 3.63) is 29.8 Å². The molecule has 1 rings (SSSR count). The molecule has 106 valence electrons. The molecule has 0 aliphatic heterocycles. The van der Waals surface area contributed by atoms with Crippen molar-refractivity contribution in [1.29, 1.82) is 0 Å². The number of carbonyl (C=O) groups is 1.